The Hall–Kier alpha value is -3.13. The molecule has 1 aliphatic heterocycles. The predicted molar refractivity (Wildman–Crippen MR) is 107 cm³/mol. The summed E-state index contributed by atoms with van der Waals surface area (Å²) in [5.41, 5.74) is 1.15. The van der Waals surface area contributed by atoms with Crippen molar-refractivity contribution >= 4 is 40.2 Å². The van der Waals surface area contributed by atoms with Gasteiger partial charge in [0.05, 0.1) is 27.4 Å². The highest BCUT2D eigenvalue weighted by Crippen LogP contribution is 2.36. The third-order valence-corrected chi connectivity index (χ3v) is 5.62. The van der Waals surface area contributed by atoms with Gasteiger partial charge in [-0.15, -0.1) is 11.8 Å². The summed E-state index contributed by atoms with van der Waals surface area (Å²) in [5.74, 6) is -0.397. The number of amides is 1. The fourth-order valence-electron chi connectivity index (χ4n) is 2.92. The normalized spacial score (nSPS) is 16.9. The lowest BCUT2D eigenvalue weighted by Gasteiger charge is -2.21. The Morgan fingerprint density at radius 2 is 2.00 bits per heavy atom. The second-order valence-corrected chi connectivity index (χ2v) is 7.86. The Morgan fingerprint density at radius 3 is 2.82 bits per heavy atom. The molecule has 0 aliphatic carbocycles. The maximum atomic E-state index is 12.5. The number of ether oxygens (including phenoxy) is 1. The lowest BCUT2D eigenvalue weighted by molar-refractivity contribution is -0.115. The van der Waals surface area contributed by atoms with Gasteiger partial charge in [0, 0.05) is 4.90 Å². The van der Waals surface area contributed by atoms with E-state index in [0.717, 1.165) is 4.90 Å². The molecule has 8 heteroatoms. The lowest BCUT2D eigenvalue weighted by atomic mass is 10.2. The number of anilines is 1. The molecule has 2 aromatic carbocycles. The lowest BCUT2D eigenvalue weighted by Crippen LogP contribution is -2.26. The summed E-state index contributed by atoms with van der Waals surface area (Å²) in [6, 6.07) is 12.0. The van der Waals surface area contributed by atoms with Crippen LogP contribution in [0.15, 0.2) is 52.2 Å². The summed E-state index contributed by atoms with van der Waals surface area (Å²) < 4.78 is 5.47. The van der Waals surface area contributed by atoms with Gasteiger partial charge in [0.1, 0.15) is 0 Å². The largest absolute Gasteiger partial charge is 0.451 e. The van der Waals surface area contributed by atoms with Crippen molar-refractivity contribution in [2.75, 3.05) is 5.32 Å². The summed E-state index contributed by atoms with van der Waals surface area (Å²) in [5, 5.41) is 3.08. The van der Waals surface area contributed by atoms with Crippen LogP contribution < -0.4 is 10.9 Å². The van der Waals surface area contributed by atoms with Gasteiger partial charge in [-0.05, 0) is 44.2 Å². The van der Waals surface area contributed by atoms with Crippen molar-refractivity contribution in [2.45, 2.75) is 30.1 Å². The van der Waals surface area contributed by atoms with Crippen molar-refractivity contribution in [1.82, 2.24) is 9.97 Å². The molecule has 1 aromatic heterocycles. The highest BCUT2D eigenvalue weighted by molar-refractivity contribution is 8.00. The molecule has 2 N–H and O–H groups in total. The smallest absolute Gasteiger partial charge is 0.338 e. The first kappa shape index (κ1) is 18.2. The monoisotopic (exact) mass is 395 g/mol. The van der Waals surface area contributed by atoms with Crippen LogP contribution in [-0.2, 0) is 9.53 Å². The first-order valence-corrected chi connectivity index (χ1v) is 9.62. The Bertz CT molecular complexity index is 1160. The molecule has 2 heterocycles. The molecule has 2 atom stereocenters. The third kappa shape index (κ3) is 3.38. The number of nitrogens with one attached hydrogen (secondary N) is 2. The molecule has 0 radical (unpaired) electrons. The Labute approximate surface area is 164 Å². The molecule has 4 rings (SSSR count). The maximum absolute atomic E-state index is 12.5. The van der Waals surface area contributed by atoms with Gasteiger partial charge in [0.2, 0.25) is 5.91 Å². The van der Waals surface area contributed by atoms with E-state index in [1.54, 1.807) is 49.4 Å². The summed E-state index contributed by atoms with van der Waals surface area (Å²) in [6.45, 7) is 3.47. The zero-order chi connectivity index (χ0) is 19.8. The number of nitrogens with zero attached hydrogens (tertiary/aromatic N) is 1. The van der Waals surface area contributed by atoms with Gasteiger partial charge in [0.15, 0.2) is 11.9 Å². The highest BCUT2D eigenvalue weighted by atomic mass is 32.2. The molecule has 1 amide bonds. The number of para-hydroxylation sites is 1. The van der Waals surface area contributed by atoms with Crippen molar-refractivity contribution in [2.24, 2.45) is 0 Å². The summed E-state index contributed by atoms with van der Waals surface area (Å²) in [7, 11) is 0. The van der Waals surface area contributed by atoms with Crippen LogP contribution in [-0.4, -0.2) is 27.1 Å². The molecule has 0 unspecified atom stereocenters. The standard InChI is InChI=1S/C20H17N3O4S/c1-10(17-21-14-6-4-3-5-13(14)19(25)23-17)27-20(26)12-7-8-16-15(9-12)22-18(24)11(2)28-16/h3-11H,1-2H3,(H,22,24)(H,21,23,25)/t10-,11-/m0/s1. The molecule has 142 valence electrons. The number of benzene rings is 2. The molecular weight excluding hydrogens is 378 g/mol. The van der Waals surface area contributed by atoms with Crippen molar-refractivity contribution < 1.29 is 14.3 Å². The number of carbonyl (C=O) groups excluding carboxylic acids is 2. The van der Waals surface area contributed by atoms with Crippen LogP contribution in [0, 0.1) is 0 Å². The molecule has 0 fully saturated rings. The number of hydrogen-bond donors (Lipinski definition) is 2. The number of hydrogen-bond acceptors (Lipinski definition) is 6. The first-order chi connectivity index (χ1) is 13.4. The zero-order valence-corrected chi connectivity index (χ0v) is 16.0. The molecule has 7 nitrogen and oxygen atoms in total. The molecule has 0 saturated carbocycles. The Kier molecular flexibility index (Phi) is 4.64. The summed E-state index contributed by atoms with van der Waals surface area (Å²) >= 11 is 1.44. The van der Waals surface area contributed by atoms with Crippen LogP contribution in [0.1, 0.15) is 36.1 Å². The number of carbonyl (C=O) groups is 2. The first-order valence-electron chi connectivity index (χ1n) is 8.74. The van der Waals surface area contributed by atoms with Crippen LogP contribution >= 0.6 is 11.8 Å². The number of H-pyrrole nitrogens is 1. The van der Waals surface area contributed by atoms with E-state index in [9.17, 15) is 14.4 Å². The minimum atomic E-state index is -0.746. The van der Waals surface area contributed by atoms with E-state index >= 15 is 0 Å². The number of rotatable bonds is 3. The second kappa shape index (κ2) is 7.12. The number of aromatic amines is 1. The molecule has 0 saturated heterocycles. The summed E-state index contributed by atoms with van der Waals surface area (Å²) in [6.07, 6.45) is -0.746. The fourth-order valence-corrected chi connectivity index (χ4v) is 3.85. The van der Waals surface area contributed by atoms with Crippen LogP contribution in [0.25, 0.3) is 10.9 Å². The van der Waals surface area contributed by atoms with Crippen LogP contribution in [0.5, 0.6) is 0 Å². The molecule has 3 aromatic rings. The van der Waals surface area contributed by atoms with Crippen LogP contribution in [0.4, 0.5) is 5.69 Å². The van der Waals surface area contributed by atoms with Gasteiger partial charge < -0.3 is 15.0 Å². The topological polar surface area (TPSA) is 101 Å². The van der Waals surface area contributed by atoms with Gasteiger partial charge in [-0.25, -0.2) is 9.78 Å². The molecule has 0 spiro atoms. The van der Waals surface area contributed by atoms with E-state index in [-0.39, 0.29) is 22.5 Å². The van der Waals surface area contributed by atoms with Crippen LogP contribution in [0.3, 0.4) is 0 Å². The number of thioether (sulfide) groups is 1. The van der Waals surface area contributed by atoms with E-state index in [2.05, 4.69) is 15.3 Å². The average Bonchev–Trinajstić information content (AvgIpc) is 2.68. The highest BCUT2D eigenvalue weighted by Gasteiger charge is 2.24. The van der Waals surface area contributed by atoms with Gasteiger partial charge in [-0.1, -0.05) is 12.1 Å². The zero-order valence-electron chi connectivity index (χ0n) is 15.2. The van der Waals surface area contributed by atoms with Crippen LogP contribution in [0.2, 0.25) is 0 Å². The van der Waals surface area contributed by atoms with E-state index in [4.69, 9.17) is 4.74 Å². The quantitative estimate of drug-likeness (QED) is 0.660. The Morgan fingerprint density at radius 1 is 1.21 bits per heavy atom. The fraction of sp³-hybridized carbons (Fsp3) is 0.200. The Balaban J connectivity index is 1.56. The molecule has 28 heavy (non-hydrogen) atoms. The molecule has 1 aliphatic rings. The number of esters is 1. The van der Waals surface area contributed by atoms with Crippen molar-refractivity contribution in [3.05, 3.63) is 64.2 Å². The summed E-state index contributed by atoms with van der Waals surface area (Å²) in [4.78, 5) is 44.5. The van der Waals surface area contributed by atoms with E-state index in [0.29, 0.717) is 22.2 Å². The van der Waals surface area contributed by atoms with Gasteiger partial charge in [-0.3, -0.25) is 9.59 Å². The number of fused-ring (bicyclic) bond motifs is 2. The van der Waals surface area contributed by atoms with Gasteiger partial charge in [0.25, 0.3) is 5.56 Å². The van der Waals surface area contributed by atoms with E-state index < -0.39 is 12.1 Å². The third-order valence-electron chi connectivity index (χ3n) is 4.45. The van der Waals surface area contributed by atoms with Gasteiger partial charge in [-0.2, -0.15) is 0 Å². The predicted octanol–water partition coefficient (Wildman–Crippen LogP) is 3.27. The second-order valence-electron chi connectivity index (χ2n) is 6.48. The SMILES string of the molecule is C[C@@H]1Sc2ccc(C(=O)O[C@@H](C)c3nc4ccccc4c(=O)[nH]3)cc2NC1=O. The van der Waals surface area contributed by atoms with E-state index in [1.165, 1.54) is 11.8 Å². The minimum absolute atomic E-state index is 0.102. The van der Waals surface area contributed by atoms with Crippen molar-refractivity contribution in [3.63, 3.8) is 0 Å². The molecular formula is C20H17N3O4S. The number of aromatic nitrogens is 2. The van der Waals surface area contributed by atoms with Crippen molar-refractivity contribution in [3.8, 4) is 0 Å². The maximum Gasteiger partial charge on any atom is 0.338 e. The average molecular weight is 395 g/mol. The van der Waals surface area contributed by atoms with E-state index in [1.807, 2.05) is 6.92 Å². The van der Waals surface area contributed by atoms with Gasteiger partial charge >= 0.3 is 5.97 Å². The molecule has 0 bridgehead atoms. The minimum Gasteiger partial charge on any atom is -0.451 e. The van der Waals surface area contributed by atoms with Crippen molar-refractivity contribution in [1.29, 1.82) is 0 Å².